The Labute approximate surface area is 215 Å². The minimum Gasteiger partial charge on any atom is -0.457 e. The average molecular weight is 482 g/mol. The third kappa shape index (κ3) is 5.26. The molecule has 0 N–H and O–H groups in total. The first-order chi connectivity index (χ1) is 18.3. The minimum absolute atomic E-state index is 0.672. The predicted octanol–water partition coefficient (Wildman–Crippen LogP) is 8.19. The van der Waals surface area contributed by atoms with Crippen molar-refractivity contribution in [2.24, 2.45) is 0 Å². The molecule has 0 atom stereocenters. The van der Waals surface area contributed by atoms with Crippen molar-refractivity contribution in [2.45, 2.75) is 0 Å². The van der Waals surface area contributed by atoms with E-state index in [1.54, 1.807) is 12.4 Å². The second kappa shape index (κ2) is 10.2. The summed E-state index contributed by atoms with van der Waals surface area (Å²) in [5.74, 6) is 2.74. The molecule has 2 aromatic heterocycles. The summed E-state index contributed by atoms with van der Waals surface area (Å²) in [6, 6.07) is 38.0. The quantitative estimate of drug-likeness (QED) is 0.231. The van der Waals surface area contributed by atoms with E-state index in [0.717, 1.165) is 16.8 Å². The van der Waals surface area contributed by atoms with Crippen molar-refractivity contribution < 1.29 is 9.47 Å². The number of nitrogens with zero attached hydrogens (tertiary/aromatic N) is 3. The van der Waals surface area contributed by atoms with Gasteiger partial charge in [-0.3, -0.25) is 4.98 Å². The predicted molar refractivity (Wildman–Crippen MR) is 145 cm³/mol. The van der Waals surface area contributed by atoms with Crippen LogP contribution in [0, 0.1) is 0 Å². The van der Waals surface area contributed by atoms with Gasteiger partial charge in [-0.15, -0.1) is 0 Å². The highest BCUT2D eigenvalue weighted by molar-refractivity contribution is 5.70. The molecule has 0 spiro atoms. The maximum Gasteiger partial charge on any atom is 0.145 e. The molecule has 0 amide bonds. The first-order valence-corrected chi connectivity index (χ1v) is 12.0. The van der Waals surface area contributed by atoms with Crippen LogP contribution in [-0.4, -0.2) is 14.8 Å². The molecule has 0 unspecified atom stereocenters. The summed E-state index contributed by atoms with van der Waals surface area (Å²) in [7, 11) is 0. The van der Waals surface area contributed by atoms with Crippen molar-refractivity contribution in [3.05, 3.63) is 140 Å². The molecular formula is C32H23N3O2. The lowest BCUT2D eigenvalue weighted by Crippen LogP contribution is -1.94. The molecule has 0 saturated carbocycles. The van der Waals surface area contributed by atoms with Gasteiger partial charge in [0.05, 0.1) is 18.1 Å². The lowest BCUT2D eigenvalue weighted by atomic mass is 10.0. The molecule has 0 saturated heterocycles. The van der Waals surface area contributed by atoms with Gasteiger partial charge in [-0.05, 0) is 53.1 Å². The van der Waals surface area contributed by atoms with Crippen LogP contribution in [0.2, 0.25) is 0 Å². The number of hydrogen-bond acceptors (Lipinski definition) is 4. The van der Waals surface area contributed by atoms with Crippen molar-refractivity contribution in [2.75, 3.05) is 0 Å². The van der Waals surface area contributed by atoms with E-state index in [4.69, 9.17) is 9.47 Å². The third-order valence-corrected chi connectivity index (χ3v) is 5.90. The molecular weight excluding hydrogens is 458 g/mol. The van der Waals surface area contributed by atoms with E-state index in [-0.39, 0.29) is 0 Å². The fourth-order valence-corrected chi connectivity index (χ4v) is 4.07. The van der Waals surface area contributed by atoms with Gasteiger partial charge in [0.1, 0.15) is 23.0 Å². The van der Waals surface area contributed by atoms with Gasteiger partial charge in [0.2, 0.25) is 0 Å². The first kappa shape index (κ1) is 22.3. The monoisotopic (exact) mass is 481 g/mol. The summed E-state index contributed by atoms with van der Waals surface area (Å²) in [6.07, 6.45) is 7.29. The molecule has 2 heterocycles. The van der Waals surface area contributed by atoms with Gasteiger partial charge >= 0.3 is 0 Å². The zero-order valence-electron chi connectivity index (χ0n) is 19.9. The topological polar surface area (TPSA) is 49.2 Å². The van der Waals surface area contributed by atoms with Gasteiger partial charge in [0, 0.05) is 30.1 Å². The summed E-state index contributed by atoms with van der Waals surface area (Å²) in [4.78, 5) is 4.08. The Morgan fingerprint density at radius 3 is 1.84 bits per heavy atom. The summed E-state index contributed by atoms with van der Waals surface area (Å²) >= 11 is 0. The van der Waals surface area contributed by atoms with Crippen LogP contribution in [0.5, 0.6) is 23.0 Å². The normalized spacial score (nSPS) is 10.7. The number of ether oxygens (including phenoxy) is 2. The molecule has 37 heavy (non-hydrogen) atoms. The van der Waals surface area contributed by atoms with Gasteiger partial charge in [0.15, 0.2) is 0 Å². The van der Waals surface area contributed by atoms with Crippen LogP contribution in [0.25, 0.3) is 27.9 Å². The Morgan fingerprint density at radius 1 is 0.486 bits per heavy atom. The third-order valence-electron chi connectivity index (χ3n) is 5.90. The number of benzene rings is 4. The smallest absolute Gasteiger partial charge is 0.145 e. The highest BCUT2D eigenvalue weighted by Crippen LogP contribution is 2.30. The van der Waals surface area contributed by atoms with Crippen molar-refractivity contribution in [1.29, 1.82) is 0 Å². The Hall–Kier alpha value is -5.16. The Kier molecular flexibility index (Phi) is 6.16. The molecule has 6 rings (SSSR count). The van der Waals surface area contributed by atoms with Crippen molar-refractivity contribution in [1.82, 2.24) is 14.8 Å². The summed E-state index contributed by atoms with van der Waals surface area (Å²) in [6.45, 7) is 0. The molecule has 0 bridgehead atoms. The van der Waals surface area contributed by atoms with Gasteiger partial charge in [-0.25, -0.2) is 4.68 Å². The highest BCUT2D eigenvalue weighted by atomic mass is 16.5. The van der Waals surface area contributed by atoms with E-state index in [0.29, 0.717) is 23.0 Å². The molecule has 0 radical (unpaired) electrons. The molecule has 0 aliphatic rings. The average Bonchev–Trinajstić information content (AvgIpc) is 3.45. The van der Waals surface area contributed by atoms with E-state index in [1.165, 1.54) is 11.1 Å². The number of hydrogen-bond donors (Lipinski definition) is 0. The van der Waals surface area contributed by atoms with Gasteiger partial charge < -0.3 is 9.47 Å². The van der Waals surface area contributed by atoms with Gasteiger partial charge in [-0.1, -0.05) is 66.7 Å². The molecule has 5 heteroatoms. The van der Waals surface area contributed by atoms with Crippen LogP contribution in [0.15, 0.2) is 140 Å². The maximum atomic E-state index is 6.13. The highest BCUT2D eigenvalue weighted by Gasteiger charge is 2.07. The van der Waals surface area contributed by atoms with Crippen molar-refractivity contribution in [3.63, 3.8) is 0 Å². The second-order valence-electron chi connectivity index (χ2n) is 8.48. The first-order valence-electron chi connectivity index (χ1n) is 12.0. The molecule has 6 aromatic rings. The Balaban J connectivity index is 1.18. The minimum atomic E-state index is 0.672. The Bertz CT molecular complexity index is 1610. The van der Waals surface area contributed by atoms with E-state index < -0.39 is 0 Å². The number of rotatable bonds is 7. The molecule has 178 valence electrons. The fourth-order valence-electron chi connectivity index (χ4n) is 4.07. The van der Waals surface area contributed by atoms with Crippen LogP contribution >= 0.6 is 0 Å². The summed E-state index contributed by atoms with van der Waals surface area (Å²) in [5.41, 5.74) is 5.47. The van der Waals surface area contributed by atoms with Crippen molar-refractivity contribution in [3.8, 4) is 50.9 Å². The zero-order chi connectivity index (χ0) is 24.9. The lowest BCUT2D eigenvalue weighted by Gasteiger charge is -2.10. The Morgan fingerprint density at radius 2 is 1.11 bits per heavy atom. The molecule has 0 fully saturated rings. The van der Waals surface area contributed by atoms with Crippen molar-refractivity contribution >= 4 is 0 Å². The van der Waals surface area contributed by atoms with Crippen LogP contribution in [-0.2, 0) is 0 Å². The zero-order valence-corrected chi connectivity index (χ0v) is 19.9. The maximum absolute atomic E-state index is 6.13. The van der Waals surface area contributed by atoms with Crippen LogP contribution < -0.4 is 9.47 Å². The molecule has 4 aromatic carbocycles. The van der Waals surface area contributed by atoms with Crippen LogP contribution in [0.3, 0.4) is 0 Å². The van der Waals surface area contributed by atoms with E-state index in [1.807, 2.05) is 83.8 Å². The fraction of sp³-hybridized carbons (Fsp3) is 0. The lowest BCUT2D eigenvalue weighted by molar-refractivity contribution is 0.459. The molecule has 0 aliphatic carbocycles. The standard InChI is InChI=1S/C32H23N3O2/c1-2-7-24(8-3-1)25-14-16-26(17-15-25)27-21-34-35(23-27)28-9-4-10-29(19-28)36-30-11-5-12-31(20-30)37-32-13-6-18-33-22-32/h1-23H. The molecule has 5 nitrogen and oxygen atoms in total. The summed E-state index contributed by atoms with van der Waals surface area (Å²) in [5, 5.41) is 4.59. The number of pyridine rings is 1. The van der Waals surface area contributed by atoms with Gasteiger partial charge in [0.25, 0.3) is 0 Å². The summed E-state index contributed by atoms with van der Waals surface area (Å²) < 4.78 is 13.9. The van der Waals surface area contributed by atoms with E-state index in [9.17, 15) is 0 Å². The van der Waals surface area contributed by atoms with Crippen LogP contribution in [0.1, 0.15) is 0 Å². The van der Waals surface area contributed by atoms with Crippen LogP contribution in [0.4, 0.5) is 0 Å². The molecule has 0 aliphatic heterocycles. The second-order valence-corrected chi connectivity index (χ2v) is 8.48. The largest absolute Gasteiger partial charge is 0.457 e. The van der Waals surface area contributed by atoms with E-state index in [2.05, 4.69) is 58.6 Å². The number of aromatic nitrogens is 3. The SMILES string of the molecule is c1ccc(-c2ccc(-c3cnn(-c4cccc(Oc5cccc(Oc6cccnc6)c5)c4)c3)cc2)cc1. The van der Waals surface area contributed by atoms with Gasteiger partial charge in [-0.2, -0.15) is 5.10 Å². The van der Waals surface area contributed by atoms with E-state index >= 15 is 0 Å².